The van der Waals surface area contributed by atoms with Gasteiger partial charge in [0, 0.05) is 0 Å². The SMILES string of the molecule is CCOC(=O)c1nc(NN)ccc1C. The second kappa shape index (κ2) is 4.57. The fourth-order valence-corrected chi connectivity index (χ4v) is 1.02. The van der Waals surface area contributed by atoms with Gasteiger partial charge < -0.3 is 10.2 Å². The van der Waals surface area contributed by atoms with Gasteiger partial charge >= 0.3 is 5.97 Å². The number of carbonyl (C=O) groups excluding carboxylic acids is 1. The van der Waals surface area contributed by atoms with E-state index in [9.17, 15) is 4.79 Å². The first-order valence-corrected chi connectivity index (χ1v) is 4.30. The van der Waals surface area contributed by atoms with E-state index in [4.69, 9.17) is 10.6 Å². The molecule has 0 saturated carbocycles. The smallest absolute Gasteiger partial charge is 0.357 e. The summed E-state index contributed by atoms with van der Waals surface area (Å²) in [6, 6.07) is 3.45. The molecule has 1 aromatic heterocycles. The van der Waals surface area contributed by atoms with Crippen LogP contribution in [0.5, 0.6) is 0 Å². The molecule has 1 heterocycles. The maximum Gasteiger partial charge on any atom is 0.357 e. The van der Waals surface area contributed by atoms with Crippen LogP contribution in [0.4, 0.5) is 5.82 Å². The second-order valence-electron chi connectivity index (χ2n) is 2.73. The average Bonchev–Trinajstić information content (AvgIpc) is 2.19. The number of hydrogen-bond acceptors (Lipinski definition) is 5. The molecule has 0 aliphatic rings. The van der Waals surface area contributed by atoms with E-state index in [-0.39, 0.29) is 0 Å². The van der Waals surface area contributed by atoms with Crippen LogP contribution in [0.1, 0.15) is 23.0 Å². The number of nitrogens with one attached hydrogen (secondary N) is 1. The summed E-state index contributed by atoms with van der Waals surface area (Å²) in [5.41, 5.74) is 3.43. The second-order valence-corrected chi connectivity index (χ2v) is 2.73. The van der Waals surface area contributed by atoms with E-state index >= 15 is 0 Å². The molecule has 0 aliphatic carbocycles. The van der Waals surface area contributed by atoms with Crippen molar-refractivity contribution in [1.82, 2.24) is 4.98 Å². The van der Waals surface area contributed by atoms with E-state index in [2.05, 4.69) is 10.4 Å². The first-order chi connectivity index (χ1) is 6.69. The molecule has 3 N–H and O–H groups in total. The molecule has 0 radical (unpaired) electrons. The third-order valence-corrected chi connectivity index (χ3v) is 1.71. The van der Waals surface area contributed by atoms with Crippen LogP contribution in [-0.2, 0) is 4.74 Å². The van der Waals surface area contributed by atoms with Crippen LogP contribution < -0.4 is 11.3 Å². The minimum Gasteiger partial charge on any atom is -0.461 e. The van der Waals surface area contributed by atoms with Crippen molar-refractivity contribution in [3.63, 3.8) is 0 Å². The maximum atomic E-state index is 11.4. The first kappa shape index (κ1) is 10.5. The molecule has 5 heteroatoms. The largest absolute Gasteiger partial charge is 0.461 e. The predicted molar refractivity (Wildman–Crippen MR) is 52.7 cm³/mol. The standard InChI is InChI=1S/C9H13N3O2/c1-3-14-9(13)8-6(2)4-5-7(11-8)12-10/h4-5H,3,10H2,1-2H3,(H,11,12). The van der Waals surface area contributed by atoms with Crippen LogP contribution >= 0.6 is 0 Å². The summed E-state index contributed by atoms with van der Waals surface area (Å²) in [4.78, 5) is 15.4. The number of aryl methyl sites for hydroxylation is 1. The molecule has 0 atom stereocenters. The fourth-order valence-electron chi connectivity index (χ4n) is 1.02. The van der Waals surface area contributed by atoms with Crippen LogP contribution in [0.3, 0.4) is 0 Å². The van der Waals surface area contributed by atoms with Gasteiger partial charge in [0.25, 0.3) is 0 Å². The number of nitrogens with two attached hydrogens (primary N) is 1. The normalized spacial score (nSPS) is 9.64. The number of nitrogens with zero attached hydrogens (tertiary/aromatic N) is 1. The number of aromatic nitrogens is 1. The zero-order valence-corrected chi connectivity index (χ0v) is 8.20. The van der Waals surface area contributed by atoms with Crippen LogP contribution in [0.2, 0.25) is 0 Å². The minimum atomic E-state index is -0.429. The summed E-state index contributed by atoms with van der Waals surface area (Å²) < 4.78 is 4.84. The van der Waals surface area contributed by atoms with Crippen molar-refractivity contribution in [2.45, 2.75) is 13.8 Å². The summed E-state index contributed by atoms with van der Waals surface area (Å²) in [6.07, 6.45) is 0. The number of anilines is 1. The van der Waals surface area contributed by atoms with E-state index in [1.165, 1.54) is 0 Å². The van der Waals surface area contributed by atoms with E-state index in [0.29, 0.717) is 18.1 Å². The summed E-state index contributed by atoms with van der Waals surface area (Å²) in [6.45, 7) is 3.87. The summed E-state index contributed by atoms with van der Waals surface area (Å²) >= 11 is 0. The lowest BCUT2D eigenvalue weighted by atomic mass is 10.2. The average molecular weight is 195 g/mol. The van der Waals surface area contributed by atoms with E-state index < -0.39 is 5.97 Å². The summed E-state index contributed by atoms with van der Waals surface area (Å²) in [5.74, 6) is 5.19. The maximum absolute atomic E-state index is 11.4. The Morgan fingerprint density at radius 1 is 1.64 bits per heavy atom. The lowest BCUT2D eigenvalue weighted by Gasteiger charge is -2.06. The third kappa shape index (κ3) is 2.20. The highest BCUT2D eigenvalue weighted by Gasteiger charge is 2.12. The Balaban J connectivity index is 2.99. The number of esters is 1. The van der Waals surface area contributed by atoms with Gasteiger partial charge in [0.2, 0.25) is 0 Å². The molecule has 0 fully saturated rings. The fraction of sp³-hybridized carbons (Fsp3) is 0.333. The van der Waals surface area contributed by atoms with Gasteiger partial charge in [-0.2, -0.15) is 0 Å². The number of ether oxygens (including phenoxy) is 1. The van der Waals surface area contributed by atoms with Gasteiger partial charge in [0.1, 0.15) is 5.82 Å². The Labute approximate surface area is 82.2 Å². The van der Waals surface area contributed by atoms with Gasteiger partial charge in [0.05, 0.1) is 6.61 Å². The van der Waals surface area contributed by atoms with E-state index in [1.54, 1.807) is 26.0 Å². The van der Waals surface area contributed by atoms with Gasteiger partial charge in [-0.1, -0.05) is 6.07 Å². The Morgan fingerprint density at radius 2 is 2.36 bits per heavy atom. The molecule has 5 nitrogen and oxygen atoms in total. The molecule has 0 aliphatic heterocycles. The molecule has 1 rings (SSSR count). The lowest BCUT2D eigenvalue weighted by molar-refractivity contribution is 0.0519. The Bertz CT molecular complexity index is 339. The molecule has 1 aromatic rings. The molecule has 0 amide bonds. The summed E-state index contributed by atoms with van der Waals surface area (Å²) in [5, 5.41) is 0. The Hall–Kier alpha value is -1.62. The van der Waals surface area contributed by atoms with Crippen LogP contribution in [0, 0.1) is 6.92 Å². The zero-order valence-electron chi connectivity index (χ0n) is 8.20. The quantitative estimate of drug-likeness (QED) is 0.425. The Morgan fingerprint density at radius 3 is 2.93 bits per heavy atom. The van der Waals surface area contributed by atoms with Crippen LogP contribution in [-0.4, -0.2) is 17.6 Å². The zero-order chi connectivity index (χ0) is 10.6. The number of hydrazine groups is 1. The lowest BCUT2D eigenvalue weighted by Crippen LogP contribution is -2.14. The molecule has 0 saturated heterocycles. The van der Waals surface area contributed by atoms with Crippen molar-refractivity contribution in [2.75, 3.05) is 12.0 Å². The number of nitrogen functional groups attached to an aromatic ring is 1. The monoisotopic (exact) mass is 195 g/mol. The number of carbonyl (C=O) groups is 1. The molecule has 0 bridgehead atoms. The highest BCUT2D eigenvalue weighted by Crippen LogP contribution is 2.10. The molecule has 0 aromatic carbocycles. The van der Waals surface area contributed by atoms with Gasteiger partial charge in [0.15, 0.2) is 5.69 Å². The highest BCUT2D eigenvalue weighted by atomic mass is 16.5. The van der Waals surface area contributed by atoms with Crippen molar-refractivity contribution in [1.29, 1.82) is 0 Å². The van der Waals surface area contributed by atoms with Crippen LogP contribution in [0.15, 0.2) is 12.1 Å². The van der Waals surface area contributed by atoms with Crippen molar-refractivity contribution in [2.24, 2.45) is 5.84 Å². The third-order valence-electron chi connectivity index (χ3n) is 1.71. The Kier molecular flexibility index (Phi) is 3.41. The molecular weight excluding hydrogens is 182 g/mol. The predicted octanol–water partition coefficient (Wildman–Crippen LogP) is 0.852. The first-order valence-electron chi connectivity index (χ1n) is 4.30. The molecule has 0 spiro atoms. The van der Waals surface area contributed by atoms with Crippen molar-refractivity contribution in [3.05, 3.63) is 23.4 Å². The minimum absolute atomic E-state index is 0.294. The molecule has 0 unspecified atom stereocenters. The molecular formula is C9H13N3O2. The summed E-state index contributed by atoms with van der Waals surface area (Å²) in [7, 11) is 0. The topological polar surface area (TPSA) is 77.2 Å². The van der Waals surface area contributed by atoms with E-state index in [0.717, 1.165) is 5.56 Å². The highest BCUT2D eigenvalue weighted by molar-refractivity contribution is 5.89. The van der Waals surface area contributed by atoms with Crippen molar-refractivity contribution >= 4 is 11.8 Å². The number of pyridine rings is 1. The van der Waals surface area contributed by atoms with Crippen LogP contribution in [0.25, 0.3) is 0 Å². The molecule has 14 heavy (non-hydrogen) atoms. The number of hydrogen-bond donors (Lipinski definition) is 2. The number of rotatable bonds is 3. The van der Waals surface area contributed by atoms with Gasteiger partial charge in [-0.3, -0.25) is 0 Å². The van der Waals surface area contributed by atoms with Crippen molar-refractivity contribution < 1.29 is 9.53 Å². The van der Waals surface area contributed by atoms with Crippen molar-refractivity contribution in [3.8, 4) is 0 Å². The van der Waals surface area contributed by atoms with Gasteiger partial charge in [-0.15, -0.1) is 0 Å². The molecule has 76 valence electrons. The van der Waals surface area contributed by atoms with Gasteiger partial charge in [-0.05, 0) is 25.5 Å². The van der Waals surface area contributed by atoms with Gasteiger partial charge in [-0.25, -0.2) is 15.6 Å². The van der Waals surface area contributed by atoms with E-state index in [1.807, 2.05) is 0 Å².